The number of carbonyl (C=O) groups excluding carboxylic acids is 1. The van der Waals surface area contributed by atoms with Crippen LogP contribution in [-0.2, 0) is 12.7 Å². The zero-order valence-electron chi connectivity index (χ0n) is 10.4. The van der Waals surface area contributed by atoms with Crippen molar-refractivity contribution in [3.63, 3.8) is 0 Å². The molecule has 2 aromatic rings. The number of amides is 1. The summed E-state index contributed by atoms with van der Waals surface area (Å²) in [6, 6.07) is 3.13. The van der Waals surface area contributed by atoms with Crippen LogP contribution in [0.3, 0.4) is 0 Å². The van der Waals surface area contributed by atoms with Gasteiger partial charge in [0.05, 0.1) is 10.6 Å². The topological polar surface area (TPSA) is 68.0 Å². The molecule has 0 unspecified atom stereocenters. The van der Waals surface area contributed by atoms with Crippen molar-refractivity contribution < 1.29 is 18.0 Å². The number of hydrogen-bond donors (Lipinski definition) is 2. The lowest BCUT2D eigenvalue weighted by atomic mass is 10.2. The second-order valence-electron chi connectivity index (χ2n) is 3.98. The summed E-state index contributed by atoms with van der Waals surface area (Å²) in [5.41, 5.74) is 4.45. The molecule has 2 rings (SSSR count). The lowest BCUT2D eigenvalue weighted by Gasteiger charge is -2.11. The number of halogens is 4. The van der Waals surface area contributed by atoms with Crippen LogP contribution in [0.4, 0.5) is 18.9 Å². The maximum atomic E-state index is 12.7. The molecule has 0 fully saturated rings. The molecule has 0 aliphatic carbocycles. The standard InChI is InChI=1S/C12H9ClF3N3OS/c13-8-2-1-6(3-7(8)12(14,15)16)18-11(20)9-5-21-10(4-17)19-9/h1-3,5H,4,17H2,(H,18,20). The molecule has 1 aromatic carbocycles. The number of hydrogen-bond acceptors (Lipinski definition) is 4. The van der Waals surface area contributed by atoms with E-state index in [0.29, 0.717) is 5.01 Å². The largest absolute Gasteiger partial charge is 0.417 e. The van der Waals surface area contributed by atoms with Crippen molar-refractivity contribution in [3.05, 3.63) is 44.9 Å². The number of thiazole rings is 1. The van der Waals surface area contributed by atoms with Gasteiger partial charge in [-0.05, 0) is 18.2 Å². The number of nitrogens with two attached hydrogens (primary N) is 1. The third kappa shape index (κ3) is 3.72. The number of nitrogens with zero attached hydrogens (tertiary/aromatic N) is 1. The normalized spacial score (nSPS) is 11.5. The number of rotatable bonds is 3. The molecule has 9 heteroatoms. The van der Waals surface area contributed by atoms with Gasteiger partial charge >= 0.3 is 6.18 Å². The molecule has 0 saturated carbocycles. The Morgan fingerprint density at radius 3 is 2.71 bits per heavy atom. The second-order valence-corrected chi connectivity index (χ2v) is 5.33. The lowest BCUT2D eigenvalue weighted by molar-refractivity contribution is -0.137. The third-order valence-corrected chi connectivity index (χ3v) is 3.69. The van der Waals surface area contributed by atoms with Crippen LogP contribution >= 0.6 is 22.9 Å². The summed E-state index contributed by atoms with van der Waals surface area (Å²) in [7, 11) is 0. The van der Waals surface area contributed by atoms with Gasteiger partial charge in [-0.25, -0.2) is 4.98 Å². The predicted octanol–water partition coefficient (Wildman–Crippen LogP) is 3.53. The smallest absolute Gasteiger partial charge is 0.325 e. The van der Waals surface area contributed by atoms with Gasteiger partial charge in [0.15, 0.2) is 0 Å². The first kappa shape index (κ1) is 15.7. The first-order valence-electron chi connectivity index (χ1n) is 5.64. The van der Waals surface area contributed by atoms with Gasteiger partial charge in [0.1, 0.15) is 10.7 Å². The fraction of sp³-hybridized carbons (Fsp3) is 0.167. The van der Waals surface area contributed by atoms with Crippen LogP contribution in [0, 0.1) is 0 Å². The Labute approximate surface area is 126 Å². The summed E-state index contributed by atoms with van der Waals surface area (Å²) in [6.45, 7) is 0.192. The Bertz CT molecular complexity index is 672. The molecule has 0 bridgehead atoms. The molecule has 0 aliphatic rings. The van der Waals surface area contributed by atoms with Gasteiger partial charge in [-0.2, -0.15) is 13.2 Å². The molecule has 21 heavy (non-hydrogen) atoms. The molecule has 0 saturated heterocycles. The summed E-state index contributed by atoms with van der Waals surface area (Å²) in [4.78, 5) is 15.8. The van der Waals surface area contributed by atoms with Crippen LogP contribution in [0.2, 0.25) is 5.02 Å². The third-order valence-electron chi connectivity index (χ3n) is 2.49. The lowest BCUT2D eigenvalue weighted by Crippen LogP contribution is -2.14. The quantitative estimate of drug-likeness (QED) is 0.901. The summed E-state index contributed by atoms with van der Waals surface area (Å²) in [5.74, 6) is -0.610. The maximum Gasteiger partial charge on any atom is 0.417 e. The number of alkyl halides is 3. The molecule has 4 nitrogen and oxygen atoms in total. The minimum absolute atomic E-state index is 0.0148. The fourth-order valence-corrected chi connectivity index (χ4v) is 2.40. The molecule has 1 aromatic heterocycles. The Morgan fingerprint density at radius 1 is 1.43 bits per heavy atom. The summed E-state index contributed by atoms with van der Waals surface area (Å²) in [5, 5.41) is 3.96. The first-order valence-corrected chi connectivity index (χ1v) is 6.89. The van der Waals surface area contributed by atoms with Crippen molar-refractivity contribution in [2.24, 2.45) is 5.73 Å². The minimum Gasteiger partial charge on any atom is -0.325 e. The van der Waals surface area contributed by atoms with Crippen molar-refractivity contribution in [2.45, 2.75) is 12.7 Å². The van der Waals surface area contributed by atoms with Crippen molar-refractivity contribution in [3.8, 4) is 0 Å². The van der Waals surface area contributed by atoms with Gasteiger partial charge in [0.2, 0.25) is 0 Å². The number of benzene rings is 1. The van der Waals surface area contributed by atoms with Crippen LogP contribution in [-0.4, -0.2) is 10.9 Å². The van der Waals surface area contributed by atoms with Crippen molar-refractivity contribution in [1.29, 1.82) is 0 Å². The van der Waals surface area contributed by atoms with Gasteiger partial charge in [0, 0.05) is 17.6 Å². The van der Waals surface area contributed by atoms with Crippen molar-refractivity contribution in [2.75, 3.05) is 5.32 Å². The Morgan fingerprint density at radius 2 is 2.14 bits per heavy atom. The van der Waals surface area contributed by atoms with Crippen molar-refractivity contribution in [1.82, 2.24) is 4.98 Å². The van der Waals surface area contributed by atoms with Crippen LogP contribution in [0.5, 0.6) is 0 Å². The molecular formula is C12H9ClF3N3OS. The number of aromatic nitrogens is 1. The van der Waals surface area contributed by atoms with Gasteiger partial charge in [-0.1, -0.05) is 11.6 Å². The van der Waals surface area contributed by atoms with E-state index in [1.165, 1.54) is 22.8 Å². The predicted molar refractivity (Wildman–Crippen MR) is 74.4 cm³/mol. The van der Waals surface area contributed by atoms with E-state index in [1.54, 1.807) is 0 Å². The van der Waals surface area contributed by atoms with E-state index in [-0.39, 0.29) is 17.9 Å². The average molecular weight is 336 g/mol. The highest BCUT2D eigenvalue weighted by Gasteiger charge is 2.33. The van der Waals surface area contributed by atoms with E-state index in [4.69, 9.17) is 17.3 Å². The zero-order chi connectivity index (χ0) is 15.6. The summed E-state index contributed by atoms with van der Waals surface area (Å²) in [6.07, 6.45) is -4.59. The Balaban J connectivity index is 2.21. The molecule has 1 amide bonds. The van der Waals surface area contributed by atoms with E-state index in [9.17, 15) is 18.0 Å². The average Bonchev–Trinajstić information content (AvgIpc) is 2.88. The number of carbonyl (C=O) groups is 1. The van der Waals surface area contributed by atoms with Crippen LogP contribution in [0.1, 0.15) is 21.1 Å². The van der Waals surface area contributed by atoms with Crippen LogP contribution in [0.25, 0.3) is 0 Å². The Kier molecular flexibility index (Phi) is 4.50. The highest BCUT2D eigenvalue weighted by molar-refractivity contribution is 7.09. The highest BCUT2D eigenvalue weighted by Crippen LogP contribution is 2.36. The maximum absolute atomic E-state index is 12.7. The van der Waals surface area contributed by atoms with E-state index in [2.05, 4.69) is 10.3 Å². The summed E-state index contributed by atoms with van der Waals surface area (Å²) >= 11 is 6.70. The Hall–Kier alpha value is -1.64. The van der Waals surface area contributed by atoms with Gasteiger partial charge in [-0.3, -0.25) is 4.79 Å². The second kappa shape index (κ2) is 6.00. The fourth-order valence-electron chi connectivity index (χ4n) is 1.52. The first-order chi connectivity index (χ1) is 9.81. The molecule has 0 radical (unpaired) electrons. The van der Waals surface area contributed by atoms with E-state index < -0.39 is 22.7 Å². The molecule has 0 aliphatic heterocycles. The van der Waals surface area contributed by atoms with Gasteiger partial charge < -0.3 is 11.1 Å². The van der Waals surface area contributed by atoms with Crippen LogP contribution in [0.15, 0.2) is 23.6 Å². The molecule has 112 valence electrons. The SMILES string of the molecule is NCc1nc(C(=O)Nc2ccc(Cl)c(C(F)(F)F)c2)cs1. The molecule has 1 heterocycles. The zero-order valence-corrected chi connectivity index (χ0v) is 11.9. The van der Waals surface area contributed by atoms with Crippen LogP contribution < -0.4 is 11.1 Å². The highest BCUT2D eigenvalue weighted by atomic mass is 35.5. The van der Waals surface area contributed by atoms with E-state index in [0.717, 1.165) is 12.1 Å². The van der Waals surface area contributed by atoms with Crippen molar-refractivity contribution >= 4 is 34.5 Å². The number of anilines is 1. The number of nitrogens with one attached hydrogen (secondary N) is 1. The summed E-state index contributed by atoms with van der Waals surface area (Å²) < 4.78 is 38.1. The van der Waals surface area contributed by atoms with Gasteiger partial charge in [-0.15, -0.1) is 11.3 Å². The van der Waals surface area contributed by atoms with E-state index in [1.807, 2.05) is 0 Å². The molecule has 3 N–H and O–H groups in total. The monoisotopic (exact) mass is 335 g/mol. The van der Waals surface area contributed by atoms with E-state index >= 15 is 0 Å². The minimum atomic E-state index is -4.59. The van der Waals surface area contributed by atoms with Gasteiger partial charge in [0.25, 0.3) is 5.91 Å². The molecular weight excluding hydrogens is 327 g/mol. The molecule has 0 spiro atoms. The molecule has 0 atom stereocenters.